The molecule has 0 aliphatic rings. The highest BCUT2D eigenvalue weighted by molar-refractivity contribution is 14.0. The van der Waals surface area contributed by atoms with Crippen LogP contribution in [0.5, 0.6) is 0 Å². The van der Waals surface area contributed by atoms with Crippen molar-refractivity contribution in [3.8, 4) is 0 Å². The van der Waals surface area contributed by atoms with Crippen LogP contribution in [0, 0.1) is 5.41 Å². The number of aliphatic imine (C=N–C) groups is 1. The number of guanidine groups is 1. The van der Waals surface area contributed by atoms with E-state index in [4.69, 9.17) is 5.73 Å². The predicted octanol–water partition coefficient (Wildman–Crippen LogP) is 1.80. The summed E-state index contributed by atoms with van der Waals surface area (Å²) in [4.78, 5) is 15.7. The van der Waals surface area contributed by atoms with Gasteiger partial charge in [-0.3, -0.25) is 9.79 Å². The largest absolute Gasteiger partial charge is 0.370 e. The quantitative estimate of drug-likeness (QED) is 0.426. The van der Waals surface area contributed by atoms with Crippen molar-refractivity contribution >= 4 is 41.5 Å². The zero-order valence-electron chi connectivity index (χ0n) is 11.4. The molecule has 0 heterocycles. The van der Waals surface area contributed by atoms with Gasteiger partial charge < -0.3 is 16.4 Å². The molecule has 0 saturated heterocycles. The maximum Gasteiger partial charge on any atom is 0.227 e. The summed E-state index contributed by atoms with van der Waals surface area (Å²) in [7, 11) is 1.61. The molecule has 5 nitrogen and oxygen atoms in total. The Labute approximate surface area is 131 Å². The van der Waals surface area contributed by atoms with Crippen LogP contribution in [0.15, 0.2) is 35.3 Å². The van der Waals surface area contributed by atoms with Crippen molar-refractivity contribution in [3.63, 3.8) is 0 Å². The highest BCUT2D eigenvalue weighted by Gasteiger charge is 2.26. The van der Waals surface area contributed by atoms with Crippen molar-refractivity contribution in [2.24, 2.45) is 16.1 Å². The average Bonchev–Trinajstić information content (AvgIpc) is 2.36. The van der Waals surface area contributed by atoms with Crippen molar-refractivity contribution in [1.82, 2.24) is 5.32 Å². The van der Waals surface area contributed by atoms with E-state index in [0.29, 0.717) is 12.5 Å². The van der Waals surface area contributed by atoms with E-state index in [2.05, 4.69) is 15.6 Å². The van der Waals surface area contributed by atoms with Crippen LogP contribution in [-0.2, 0) is 4.79 Å². The first-order valence-electron chi connectivity index (χ1n) is 5.80. The SMILES string of the molecule is CNC(=O)C(C)(C)CN=C(N)Nc1ccccc1.I. The number of nitrogens with one attached hydrogen (secondary N) is 2. The topological polar surface area (TPSA) is 79.5 Å². The second-order valence-electron chi connectivity index (χ2n) is 4.66. The number of carbonyl (C=O) groups excluding carboxylic acids is 1. The first-order chi connectivity index (χ1) is 8.45. The molecule has 0 aromatic heterocycles. The fourth-order valence-electron chi connectivity index (χ4n) is 1.40. The summed E-state index contributed by atoms with van der Waals surface area (Å²) in [6.07, 6.45) is 0. The third-order valence-corrected chi connectivity index (χ3v) is 2.53. The number of nitrogens with zero attached hydrogens (tertiary/aromatic N) is 1. The Bertz CT molecular complexity index is 432. The summed E-state index contributed by atoms with van der Waals surface area (Å²) < 4.78 is 0. The van der Waals surface area contributed by atoms with Crippen LogP contribution in [0.2, 0.25) is 0 Å². The van der Waals surface area contributed by atoms with Crippen molar-refractivity contribution < 1.29 is 4.79 Å². The lowest BCUT2D eigenvalue weighted by molar-refractivity contribution is -0.128. The number of para-hydroxylation sites is 1. The normalized spacial score (nSPS) is 11.4. The standard InChI is InChI=1S/C13H20N4O.HI/c1-13(2,11(18)15-3)9-16-12(14)17-10-7-5-4-6-8-10;/h4-8H,9H2,1-3H3,(H,15,18)(H3,14,16,17);1H. The van der Waals surface area contributed by atoms with Crippen molar-refractivity contribution in [2.45, 2.75) is 13.8 Å². The van der Waals surface area contributed by atoms with E-state index >= 15 is 0 Å². The predicted molar refractivity (Wildman–Crippen MR) is 89.8 cm³/mol. The summed E-state index contributed by atoms with van der Waals surface area (Å²) in [5.74, 6) is 0.247. The summed E-state index contributed by atoms with van der Waals surface area (Å²) in [6.45, 7) is 3.98. The van der Waals surface area contributed by atoms with Gasteiger partial charge in [0.1, 0.15) is 0 Å². The number of hydrogen-bond donors (Lipinski definition) is 3. The molecule has 106 valence electrons. The molecular weight excluding hydrogens is 355 g/mol. The Morgan fingerprint density at radius 1 is 1.32 bits per heavy atom. The van der Waals surface area contributed by atoms with Gasteiger partial charge in [-0.25, -0.2) is 0 Å². The number of hydrogen-bond acceptors (Lipinski definition) is 2. The molecule has 19 heavy (non-hydrogen) atoms. The van der Waals surface area contributed by atoms with Gasteiger partial charge in [0.2, 0.25) is 5.91 Å². The number of benzene rings is 1. The lowest BCUT2D eigenvalue weighted by Crippen LogP contribution is -2.37. The van der Waals surface area contributed by atoms with E-state index in [0.717, 1.165) is 5.69 Å². The van der Waals surface area contributed by atoms with Crippen LogP contribution >= 0.6 is 24.0 Å². The first-order valence-corrected chi connectivity index (χ1v) is 5.80. The number of rotatable bonds is 4. The number of amides is 1. The Kier molecular flexibility index (Phi) is 7.43. The van der Waals surface area contributed by atoms with Crippen LogP contribution in [0.4, 0.5) is 5.69 Å². The molecule has 6 heteroatoms. The summed E-state index contributed by atoms with van der Waals surface area (Å²) in [5, 5.41) is 5.58. The second kappa shape index (κ2) is 7.98. The second-order valence-corrected chi connectivity index (χ2v) is 4.66. The van der Waals surface area contributed by atoms with Gasteiger partial charge >= 0.3 is 0 Å². The Hall–Kier alpha value is -1.31. The molecule has 0 bridgehead atoms. The Morgan fingerprint density at radius 2 is 1.89 bits per heavy atom. The molecule has 1 amide bonds. The lowest BCUT2D eigenvalue weighted by Gasteiger charge is -2.20. The Morgan fingerprint density at radius 3 is 2.42 bits per heavy atom. The minimum absolute atomic E-state index is 0. The van der Waals surface area contributed by atoms with Gasteiger partial charge in [0.05, 0.1) is 12.0 Å². The highest BCUT2D eigenvalue weighted by Crippen LogP contribution is 2.15. The van der Waals surface area contributed by atoms with Gasteiger partial charge in [-0.2, -0.15) is 0 Å². The molecule has 1 aromatic rings. The third kappa shape index (κ3) is 5.91. The average molecular weight is 376 g/mol. The smallest absolute Gasteiger partial charge is 0.227 e. The molecule has 1 rings (SSSR count). The van der Waals surface area contributed by atoms with Crippen LogP contribution in [-0.4, -0.2) is 25.5 Å². The maximum absolute atomic E-state index is 11.6. The number of anilines is 1. The molecule has 0 fully saturated rings. The monoisotopic (exact) mass is 376 g/mol. The van der Waals surface area contributed by atoms with Crippen molar-refractivity contribution in [3.05, 3.63) is 30.3 Å². The van der Waals surface area contributed by atoms with Gasteiger partial charge in [0.25, 0.3) is 0 Å². The van der Waals surface area contributed by atoms with E-state index in [-0.39, 0.29) is 29.9 Å². The molecule has 1 aromatic carbocycles. The molecule has 4 N–H and O–H groups in total. The van der Waals surface area contributed by atoms with Gasteiger partial charge in [-0.1, -0.05) is 18.2 Å². The van der Waals surface area contributed by atoms with E-state index in [9.17, 15) is 4.79 Å². The molecule has 0 spiro atoms. The molecule has 0 radical (unpaired) electrons. The van der Waals surface area contributed by atoms with Gasteiger partial charge in [-0.05, 0) is 26.0 Å². The number of carbonyl (C=O) groups is 1. The summed E-state index contributed by atoms with van der Waals surface area (Å²) in [5.41, 5.74) is 6.06. The van der Waals surface area contributed by atoms with E-state index < -0.39 is 5.41 Å². The van der Waals surface area contributed by atoms with Crippen LogP contribution < -0.4 is 16.4 Å². The molecule has 0 unspecified atom stereocenters. The zero-order valence-corrected chi connectivity index (χ0v) is 13.8. The number of halogens is 1. The van der Waals surface area contributed by atoms with E-state index in [1.165, 1.54) is 0 Å². The van der Waals surface area contributed by atoms with Crippen LogP contribution in [0.1, 0.15) is 13.8 Å². The van der Waals surface area contributed by atoms with Crippen molar-refractivity contribution in [2.75, 3.05) is 18.9 Å². The first kappa shape index (κ1) is 17.7. The van der Waals surface area contributed by atoms with Gasteiger partial charge in [0, 0.05) is 12.7 Å². The zero-order chi connectivity index (χ0) is 13.6. The van der Waals surface area contributed by atoms with E-state index in [1.807, 2.05) is 44.2 Å². The molecule has 0 aliphatic heterocycles. The van der Waals surface area contributed by atoms with Gasteiger partial charge in [-0.15, -0.1) is 24.0 Å². The highest BCUT2D eigenvalue weighted by atomic mass is 127. The van der Waals surface area contributed by atoms with Crippen molar-refractivity contribution in [1.29, 1.82) is 0 Å². The van der Waals surface area contributed by atoms with Gasteiger partial charge in [0.15, 0.2) is 5.96 Å². The lowest BCUT2D eigenvalue weighted by atomic mass is 9.93. The molecular formula is C13H21IN4O. The van der Waals surface area contributed by atoms with E-state index in [1.54, 1.807) is 7.05 Å². The fourth-order valence-corrected chi connectivity index (χ4v) is 1.40. The van der Waals surface area contributed by atoms with Crippen LogP contribution in [0.3, 0.4) is 0 Å². The fraction of sp³-hybridized carbons (Fsp3) is 0.385. The van der Waals surface area contributed by atoms with Crippen LogP contribution in [0.25, 0.3) is 0 Å². The third-order valence-electron chi connectivity index (χ3n) is 2.53. The number of nitrogens with two attached hydrogens (primary N) is 1. The minimum atomic E-state index is -0.572. The molecule has 0 aliphatic carbocycles. The maximum atomic E-state index is 11.6. The summed E-state index contributed by atoms with van der Waals surface area (Å²) >= 11 is 0. The Balaban J connectivity index is 0.00000324. The molecule has 0 atom stereocenters. The minimum Gasteiger partial charge on any atom is -0.370 e. The molecule has 0 saturated carbocycles. The summed E-state index contributed by atoms with van der Waals surface area (Å²) in [6, 6.07) is 9.53.